The third-order valence-electron chi connectivity index (χ3n) is 2.33. The van der Waals surface area contributed by atoms with Crippen LogP contribution >= 0.6 is 0 Å². The quantitative estimate of drug-likeness (QED) is 0.613. The van der Waals surface area contributed by atoms with Crippen molar-refractivity contribution in [2.75, 3.05) is 6.61 Å². The molecule has 0 aliphatic rings. The van der Waals surface area contributed by atoms with Crippen LogP contribution in [0.15, 0.2) is 29.2 Å². The molecule has 0 spiro atoms. The maximum Gasteiger partial charge on any atom is 0.427 e. The highest BCUT2D eigenvalue weighted by Crippen LogP contribution is 2.27. The number of esters is 1. The van der Waals surface area contributed by atoms with Crippen LogP contribution in [0.1, 0.15) is 12.5 Å². The van der Waals surface area contributed by atoms with Gasteiger partial charge < -0.3 is 4.74 Å². The molecule has 1 rings (SSSR count). The Hall–Kier alpha value is -1.61. The fraction of sp³-hybridized carbons (Fsp3) is 0.417. The predicted octanol–water partition coefficient (Wildman–Crippen LogP) is 2.19. The summed E-state index contributed by atoms with van der Waals surface area (Å²) >= 11 is 0. The molecule has 1 aromatic carbocycles. The van der Waals surface area contributed by atoms with Gasteiger partial charge in [-0.05, 0) is 26.0 Å². The van der Waals surface area contributed by atoms with Gasteiger partial charge in [0.2, 0.25) is 0 Å². The Balaban J connectivity index is 3.07. The molecule has 9 heteroatoms. The molecule has 0 radical (unpaired) electrons. The Kier molecular flexibility index (Phi) is 5.35. The van der Waals surface area contributed by atoms with Gasteiger partial charge in [0.1, 0.15) is 0 Å². The lowest BCUT2D eigenvalue weighted by molar-refractivity contribution is -0.210. The van der Waals surface area contributed by atoms with E-state index >= 15 is 0 Å². The van der Waals surface area contributed by atoms with E-state index in [1.807, 2.05) is 0 Å². The van der Waals surface area contributed by atoms with E-state index in [1.165, 1.54) is 19.1 Å². The zero-order valence-electron chi connectivity index (χ0n) is 11.2. The highest BCUT2D eigenvalue weighted by Gasteiger charge is 2.50. The Morgan fingerprint density at radius 3 is 2.19 bits per heavy atom. The molecule has 21 heavy (non-hydrogen) atoms. The van der Waals surface area contributed by atoms with E-state index in [1.54, 1.807) is 6.92 Å². The number of benzene rings is 1. The molecule has 1 aromatic rings. The summed E-state index contributed by atoms with van der Waals surface area (Å²) in [6, 6.07) is 4.96. The number of rotatable bonds is 5. The summed E-state index contributed by atoms with van der Waals surface area (Å²) < 4.78 is 69.9. The maximum atomic E-state index is 12.7. The molecule has 0 aliphatic carbocycles. The summed E-state index contributed by atoms with van der Waals surface area (Å²) in [6.45, 7) is 2.63. The molecule has 0 fully saturated rings. The number of carbonyl (C=O) groups is 1. The van der Waals surface area contributed by atoms with Gasteiger partial charge in [0, 0.05) is 0 Å². The highest BCUT2D eigenvalue weighted by molar-refractivity contribution is 7.86. The first-order valence-corrected chi connectivity index (χ1v) is 7.22. The summed E-state index contributed by atoms with van der Waals surface area (Å²) in [5, 5.41) is 0. The number of alkyl halides is 3. The first-order chi connectivity index (χ1) is 9.58. The van der Waals surface area contributed by atoms with Crippen LogP contribution in [-0.4, -0.2) is 33.3 Å². The number of carbonyl (C=O) groups excluding carboxylic acids is 1. The average molecular weight is 326 g/mol. The number of halogens is 3. The van der Waals surface area contributed by atoms with Crippen molar-refractivity contribution in [2.45, 2.75) is 31.0 Å². The van der Waals surface area contributed by atoms with E-state index in [4.69, 9.17) is 0 Å². The Bertz CT molecular complexity index is 592. The summed E-state index contributed by atoms with van der Waals surface area (Å²) in [7, 11) is -4.74. The third kappa shape index (κ3) is 4.71. The lowest BCUT2D eigenvalue weighted by Crippen LogP contribution is -2.41. The second-order valence-corrected chi connectivity index (χ2v) is 5.61. The zero-order chi connectivity index (χ0) is 16.3. The molecule has 0 heterocycles. The molecular weight excluding hydrogens is 313 g/mol. The van der Waals surface area contributed by atoms with Crippen molar-refractivity contribution in [1.29, 1.82) is 0 Å². The molecule has 118 valence electrons. The third-order valence-corrected chi connectivity index (χ3v) is 3.63. The minimum absolute atomic E-state index is 0.334. The van der Waals surface area contributed by atoms with Crippen molar-refractivity contribution in [2.24, 2.45) is 0 Å². The molecular formula is C12H13F3O5S. The normalized spacial score (nSPS) is 13.8. The monoisotopic (exact) mass is 326 g/mol. The van der Waals surface area contributed by atoms with Gasteiger partial charge in [-0.1, -0.05) is 17.7 Å². The standard InChI is InChI=1S/C12H13F3O5S/c1-3-19-11(16)10(12(13,14)15)20-21(17,18)9-6-4-8(2)5-7-9/h4-7,10H,3H2,1-2H3. The Morgan fingerprint density at radius 2 is 1.76 bits per heavy atom. The van der Waals surface area contributed by atoms with Crippen LogP contribution in [0, 0.1) is 6.92 Å². The van der Waals surface area contributed by atoms with E-state index in [9.17, 15) is 26.4 Å². The van der Waals surface area contributed by atoms with Gasteiger partial charge in [-0.15, -0.1) is 0 Å². The fourth-order valence-corrected chi connectivity index (χ4v) is 2.35. The molecule has 5 nitrogen and oxygen atoms in total. The average Bonchev–Trinajstić information content (AvgIpc) is 2.35. The van der Waals surface area contributed by atoms with E-state index in [0.29, 0.717) is 5.56 Å². The molecule has 0 N–H and O–H groups in total. The van der Waals surface area contributed by atoms with Crippen LogP contribution in [-0.2, 0) is 23.8 Å². The smallest absolute Gasteiger partial charge is 0.427 e. The maximum absolute atomic E-state index is 12.7. The molecule has 0 aliphatic heterocycles. The van der Waals surface area contributed by atoms with Gasteiger partial charge in [-0.2, -0.15) is 21.6 Å². The second-order valence-electron chi connectivity index (χ2n) is 4.04. The van der Waals surface area contributed by atoms with Crippen LogP contribution in [0.2, 0.25) is 0 Å². The van der Waals surface area contributed by atoms with E-state index in [2.05, 4.69) is 8.92 Å². The van der Waals surface area contributed by atoms with Crippen molar-refractivity contribution in [3.05, 3.63) is 29.8 Å². The summed E-state index contributed by atoms with van der Waals surface area (Å²) in [6.07, 6.45) is -8.40. The van der Waals surface area contributed by atoms with Gasteiger partial charge in [0.15, 0.2) is 0 Å². The minimum Gasteiger partial charge on any atom is -0.464 e. The van der Waals surface area contributed by atoms with Crippen LogP contribution in [0.4, 0.5) is 13.2 Å². The topological polar surface area (TPSA) is 69.7 Å². The van der Waals surface area contributed by atoms with Crippen molar-refractivity contribution in [1.82, 2.24) is 0 Å². The van der Waals surface area contributed by atoms with Crippen LogP contribution in [0.25, 0.3) is 0 Å². The van der Waals surface area contributed by atoms with Gasteiger partial charge in [-0.25, -0.2) is 8.98 Å². The summed E-state index contributed by atoms with van der Waals surface area (Å²) in [5.41, 5.74) is 0.715. The van der Waals surface area contributed by atoms with Crippen LogP contribution in [0.5, 0.6) is 0 Å². The number of hydrogen-bond acceptors (Lipinski definition) is 5. The lowest BCUT2D eigenvalue weighted by Gasteiger charge is -2.18. The Labute approximate surface area is 119 Å². The minimum atomic E-state index is -5.20. The van der Waals surface area contributed by atoms with Gasteiger partial charge in [0.25, 0.3) is 16.2 Å². The number of aryl methyl sites for hydroxylation is 1. The predicted molar refractivity (Wildman–Crippen MR) is 65.9 cm³/mol. The van der Waals surface area contributed by atoms with Crippen molar-refractivity contribution in [3.8, 4) is 0 Å². The van der Waals surface area contributed by atoms with Gasteiger partial charge in [0.05, 0.1) is 11.5 Å². The molecule has 0 saturated heterocycles. The summed E-state index contributed by atoms with van der Waals surface area (Å²) in [5.74, 6) is -1.80. The molecule has 1 unspecified atom stereocenters. The SMILES string of the molecule is CCOC(=O)C(OS(=O)(=O)c1ccc(C)cc1)C(F)(F)F. The van der Waals surface area contributed by atoms with E-state index in [-0.39, 0.29) is 6.61 Å². The van der Waals surface area contributed by atoms with Crippen LogP contribution < -0.4 is 0 Å². The number of hydrogen-bond donors (Lipinski definition) is 0. The van der Waals surface area contributed by atoms with E-state index in [0.717, 1.165) is 12.1 Å². The van der Waals surface area contributed by atoms with Crippen molar-refractivity contribution in [3.63, 3.8) is 0 Å². The van der Waals surface area contributed by atoms with Crippen molar-refractivity contribution < 1.29 is 35.3 Å². The second kappa shape index (κ2) is 6.44. The van der Waals surface area contributed by atoms with Gasteiger partial charge >= 0.3 is 12.1 Å². The molecule has 0 amide bonds. The van der Waals surface area contributed by atoms with E-state index < -0.39 is 33.3 Å². The first-order valence-electron chi connectivity index (χ1n) is 5.81. The fourth-order valence-electron chi connectivity index (χ4n) is 1.33. The summed E-state index contributed by atoms with van der Waals surface area (Å²) in [4.78, 5) is 10.7. The Morgan fingerprint density at radius 1 is 1.24 bits per heavy atom. The molecule has 0 bridgehead atoms. The van der Waals surface area contributed by atoms with Gasteiger partial charge in [-0.3, -0.25) is 0 Å². The largest absolute Gasteiger partial charge is 0.464 e. The van der Waals surface area contributed by atoms with Crippen molar-refractivity contribution >= 4 is 16.1 Å². The lowest BCUT2D eigenvalue weighted by atomic mass is 10.2. The number of ether oxygens (including phenoxy) is 1. The molecule has 0 aromatic heterocycles. The van der Waals surface area contributed by atoms with Crippen LogP contribution in [0.3, 0.4) is 0 Å². The molecule has 0 saturated carbocycles. The first kappa shape index (κ1) is 17.4. The zero-order valence-corrected chi connectivity index (χ0v) is 12.0. The highest BCUT2D eigenvalue weighted by atomic mass is 32.2. The molecule has 1 atom stereocenters.